The summed E-state index contributed by atoms with van der Waals surface area (Å²) in [6.07, 6.45) is 7.73. The summed E-state index contributed by atoms with van der Waals surface area (Å²) in [5, 5.41) is 8.98. The molecule has 3 N–H and O–H groups in total. The predicted molar refractivity (Wildman–Crippen MR) is 148 cm³/mol. The largest absolute Gasteiger partial charge is 0.313 e. The highest BCUT2D eigenvalue weighted by Crippen LogP contribution is 2.29. The van der Waals surface area contributed by atoms with Crippen LogP contribution in [0.4, 0.5) is 0 Å². The highest BCUT2D eigenvalue weighted by Gasteiger charge is 2.27. The van der Waals surface area contributed by atoms with Crippen molar-refractivity contribution >= 4 is 30.8 Å². The Morgan fingerprint density at radius 1 is 0.811 bits per heavy atom. The Kier molecular flexibility index (Phi) is 11.0. The van der Waals surface area contributed by atoms with Crippen molar-refractivity contribution in [3.05, 3.63) is 66.4 Å². The maximum Gasteiger partial charge on any atom is 0.256 e. The highest BCUT2D eigenvalue weighted by atomic mass is 32.2. The second-order valence-corrected chi connectivity index (χ2v) is 12.6. The van der Waals surface area contributed by atoms with Crippen LogP contribution in [0.2, 0.25) is 0 Å². The molecule has 10 heteroatoms. The van der Waals surface area contributed by atoms with E-state index in [-0.39, 0.29) is 15.3 Å². The Morgan fingerprint density at radius 2 is 1.51 bits per heavy atom. The van der Waals surface area contributed by atoms with E-state index in [1.165, 1.54) is 36.0 Å². The van der Waals surface area contributed by atoms with Gasteiger partial charge in [0.25, 0.3) is 10.0 Å². The first-order valence-corrected chi connectivity index (χ1v) is 15.9. The van der Waals surface area contributed by atoms with E-state index in [9.17, 15) is 16.8 Å². The minimum absolute atomic E-state index is 0.0823. The second kappa shape index (κ2) is 14.0. The summed E-state index contributed by atoms with van der Waals surface area (Å²) in [4.78, 5) is 3.97. The number of sulfonamides is 2. The molecule has 0 atom stereocenters. The topological polar surface area (TPSA) is 122 Å². The van der Waals surface area contributed by atoms with Gasteiger partial charge in [0, 0.05) is 36.6 Å². The van der Waals surface area contributed by atoms with Crippen molar-refractivity contribution in [1.82, 2.24) is 14.6 Å². The number of benzene rings is 2. The zero-order valence-corrected chi connectivity index (χ0v) is 23.1. The van der Waals surface area contributed by atoms with Crippen molar-refractivity contribution in [2.24, 2.45) is 5.14 Å². The van der Waals surface area contributed by atoms with Crippen LogP contribution >= 0.6 is 0 Å². The second-order valence-electron chi connectivity index (χ2n) is 9.20. The molecule has 1 heterocycles. The molecule has 37 heavy (non-hydrogen) atoms. The summed E-state index contributed by atoms with van der Waals surface area (Å²) in [6.45, 7) is 4.70. The van der Waals surface area contributed by atoms with Gasteiger partial charge in [0.05, 0.1) is 4.90 Å². The lowest BCUT2D eigenvalue weighted by atomic mass is 10.2. The summed E-state index contributed by atoms with van der Waals surface area (Å²) in [7, 11) is -7.94. The van der Waals surface area contributed by atoms with Crippen LogP contribution < -0.4 is 10.5 Å². The van der Waals surface area contributed by atoms with Crippen molar-refractivity contribution in [3.63, 3.8) is 0 Å². The van der Waals surface area contributed by atoms with Gasteiger partial charge in [0.2, 0.25) is 10.0 Å². The number of unbranched alkanes of at least 4 members (excludes halogenated alkanes) is 5. The third kappa shape index (κ3) is 8.31. The molecule has 0 aliphatic carbocycles. The summed E-state index contributed by atoms with van der Waals surface area (Å²) in [6, 6.07) is 16.4. The predicted octanol–water partition coefficient (Wildman–Crippen LogP) is 4.41. The van der Waals surface area contributed by atoms with Gasteiger partial charge in [-0.2, -0.15) is 4.31 Å². The van der Waals surface area contributed by atoms with Crippen LogP contribution in [-0.4, -0.2) is 45.8 Å². The maximum absolute atomic E-state index is 13.8. The standard InChI is InChI=1S/C27H38N4O4S2/c1-2-3-10-20-31(21-11-5-4-9-18-29-22-23-13-7-6-8-14-23)37(34,35)26-16-12-15-25-24(26)17-19-30-27(25)36(28,32)33/h6-8,12-17,19,29H,2-5,9-11,18,20-22H2,1H3,(H2,28,32,33). The molecular weight excluding hydrogens is 508 g/mol. The van der Waals surface area contributed by atoms with Gasteiger partial charge in [-0.15, -0.1) is 0 Å². The van der Waals surface area contributed by atoms with Crippen LogP contribution in [-0.2, 0) is 26.6 Å². The SMILES string of the molecule is CCCCCN(CCCCCCNCc1ccccc1)S(=O)(=O)c1cccc2c(S(N)(=O)=O)nccc12. The molecule has 0 bridgehead atoms. The first-order chi connectivity index (χ1) is 17.7. The monoisotopic (exact) mass is 546 g/mol. The fraction of sp³-hybridized carbons (Fsp3) is 0.444. The first-order valence-electron chi connectivity index (χ1n) is 12.9. The number of nitrogens with two attached hydrogens (primary N) is 1. The lowest BCUT2D eigenvalue weighted by molar-refractivity contribution is 0.386. The minimum atomic E-state index is -4.10. The molecule has 0 saturated carbocycles. The fourth-order valence-corrected chi connectivity index (χ4v) is 6.77. The van der Waals surface area contributed by atoms with Gasteiger partial charge in [-0.1, -0.05) is 75.1 Å². The van der Waals surface area contributed by atoms with Gasteiger partial charge >= 0.3 is 0 Å². The van der Waals surface area contributed by atoms with Gasteiger partial charge in [-0.05, 0) is 43.5 Å². The molecule has 0 radical (unpaired) electrons. The molecule has 0 spiro atoms. The number of hydrogen-bond acceptors (Lipinski definition) is 6. The number of fused-ring (bicyclic) bond motifs is 1. The van der Waals surface area contributed by atoms with Gasteiger partial charge in [-0.25, -0.2) is 27.0 Å². The third-order valence-electron chi connectivity index (χ3n) is 6.31. The molecule has 0 amide bonds. The van der Waals surface area contributed by atoms with Gasteiger partial charge in [0.1, 0.15) is 0 Å². The van der Waals surface area contributed by atoms with E-state index in [2.05, 4.69) is 29.4 Å². The number of hydrogen-bond donors (Lipinski definition) is 2. The number of aromatic nitrogens is 1. The van der Waals surface area contributed by atoms with Gasteiger partial charge < -0.3 is 5.32 Å². The van der Waals surface area contributed by atoms with Crippen molar-refractivity contribution in [1.29, 1.82) is 0 Å². The quantitative estimate of drug-likeness (QED) is 0.257. The molecule has 2 aromatic carbocycles. The van der Waals surface area contributed by atoms with Crippen LogP contribution in [0.25, 0.3) is 10.8 Å². The maximum atomic E-state index is 13.8. The summed E-state index contributed by atoms with van der Waals surface area (Å²) in [5.74, 6) is 0. The molecule has 1 aromatic heterocycles. The van der Waals surface area contributed by atoms with Crippen LogP contribution in [0.15, 0.2) is 70.7 Å². The molecule has 3 aromatic rings. The smallest absolute Gasteiger partial charge is 0.256 e. The number of rotatable bonds is 16. The van der Waals surface area contributed by atoms with E-state index in [1.807, 2.05) is 18.2 Å². The number of nitrogens with one attached hydrogen (secondary N) is 1. The molecule has 202 valence electrons. The molecule has 0 aliphatic heterocycles. The third-order valence-corrected chi connectivity index (χ3v) is 9.13. The van der Waals surface area contributed by atoms with Gasteiger partial charge in [0.15, 0.2) is 5.03 Å². The van der Waals surface area contributed by atoms with E-state index in [0.29, 0.717) is 18.5 Å². The van der Waals surface area contributed by atoms with Crippen molar-refractivity contribution in [2.45, 2.75) is 68.3 Å². The van der Waals surface area contributed by atoms with Crippen LogP contribution in [0.1, 0.15) is 57.4 Å². The molecule has 0 fully saturated rings. The molecule has 0 aliphatic rings. The lowest BCUT2D eigenvalue weighted by Crippen LogP contribution is -2.33. The Hall–Kier alpha value is -2.37. The zero-order chi connectivity index (χ0) is 26.7. The van der Waals surface area contributed by atoms with E-state index in [4.69, 9.17) is 5.14 Å². The average Bonchev–Trinajstić information content (AvgIpc) is 2.88. The Labute approximate surface area is 221 Å². The van der Waals surface area contributed by atoms with Crippen LogP contribution in [0, 0.1) is 0 Å². The van der Waals surface area contributed by atoms with E-state index < -0.39 is 20.0 Å². The molecule has 3 rings (SSSR count). The Balaban J connectivity index is 1.64. The first kappa shape index (κ1) is 29.2. The van der Waals surface area contributed by atoms with Crippen molar-refractivity contribution in [2.75, 3.05) is 19.6 Å². The molecular formula is C27H38N4O4S2. The van der Waals surface area contributed by atoms with Gasteiger partial charge in [-0.3, -0.25) is 0 Å². The summed E-state index contributed by atoms with van der Waals surface area (Å²) < 4.78 is 53.1. The van der Waals surface area contributed by atoms with E-state index in [0.717, 1.165) is 58.0 Å². The zero-order valence-electron chi connectivity index (χ0n) is 21.5. The van der Waals surface area contributed by atoms with Crippen LogP contribution in [0.5, 0.6) is 0 Å². The Bertz CT molecular complexity index is 1350. The number of pyridine rings is 1. The van der Waals surface area contributed by atoms with Crippen molar-refractivity contribution < 1.29 is 16.8 Å². The summed E-state index contributed by atoms with van der Waals surface area (Å²) in [5.41, 5.74) is 1.26. The molecule has 8 nitrogen and oxygen atoms in total. The average molecular weight is 547 g/mol. The molecule has 0 unspecified atom stereocenters. The molecule has 0 saturated heterocycles. The normalized spacial score (nSPS) is 12.4. The van der Waals surface area contributed by atoms with Crippen LogP contribution in [0.3, 0.4) is 0 Å². The van der Waals surface area contributed by atoms with E-state index >= 15 is 0 Å². The minimum Gasteiger partial charge on any atom is -0.313 e. The fourth-order valence-electron chi connectivity index (χ4n) is 4.35. The number of nitrogens with zero attached hydrogens (tertiary/aromatic N) is 2. The lowest BCUT2D eigenvalue weighted by Gasteiger charge is -2.23. The Morgan fingerprint density at radius 3 is 2.22 bits per heavy atom. The van der Waals surface area contributed by atoms with E-state index in [1.54, 1.807) is 4.31 Å². The number of primary sulfonamides is 1. The van der Waals surface area contributed by atoms with Crippen molar-refractivity contribution in [3.8, 4) is 0 Å². The highest BCUT2D eigenvalue weighted by molar-refractivity contribution is 7.89. The summed E-state index contributed by atoms with van der Waals surface area (Å²) >= 11 is 0.